The van der Waals surface area contributed by atoms with Crippen LogP contribution in [0.15, 0.2) is 23.1 Å². The summed E-state index contributed by atoms with van der Waals surface area (Å²) in [6.07, 6.45) is 7.59. The molecule has 0 bridgehead atoms. The lowest BCUT2D eigenvalue weighted by Gasteiger charge is -2.32. The van der Waals surface area contributed by atoms with E-state index in [-0.39, 0.29) is 5.69 Å². The van der Waals surface area contributed by atoms with E-state index in [2.05, 4.69) is 40.6 Å². The molecule has 3 heterocycles. The van der Waals surface area contributed by atoms with E-state index in [1.165, 1.54) is 25.1 Å². The van der Waals surface area contributed by atoms with Crippen LogP contribution in [0.5, 0.6) is 0 Å². The molecule has 9 heteroatoms. The standard InChI is InChI=1S/C15H17BrN6O2/c16-13-7-12(22(23)24)8-17-15(13)20-5-3-10(4-6-20)14-19-18-9-21(14)11-1-2-11/h7-11H,1-6H2. The highest BCUT2D eigenvalue weighted by molar-refractivity contribution is 9.10. The van der Waals surface area contributed by atoms with E-state index < -0.39 is 4.92 Å². The quantitative estimate of drug-likeness (QED) is 0.586. The molecule has 1 aliphatic heterocycles. The average Bonchev–Trinajstić information content (AvgIpc) is 3.32. The van der Waals surface area contributed by atoms with Crippen molar-refractivity contribution in [2.24, 2.45) is 0 Å². The highest BCUT2D eigenvalue weighted by Gasteiger charge is 2.31. The molecule has 8 nitrogen and oxygen atoms in total. The fourth-order valence-corrected chi connectivity index (χ4v) is 3.87. The largest absolute Gasteiger partial charge is 0.356 e. The van der Waals surface area contributed by atoms with Gasteiger partial charge < -0.3 is 9.47 Å². The molecule has 0 spiro atoms. The number of rotatable bonds is 4. The lowest BCUT2D eigenvalue weighted by atomic mass is 9.96. The molecule has 1 aliphatic carbocycles. The first-order valence-electron chi connectivity index (χ1n) is 8.08. The van der Waals surface area contributed by atoms with Crippen molar-refractivity contribution in [1.29, 1.82) is 0 Å². The first-order valence-corrected chi connectivity index (χ1v) is 8.87. The Hall–Kier alpha value is -2.03. The lowest BCUT2D eigenvalue weighted by molar-refractivity contribution is -0.385. The van der Waals surface area contributed by atoms with Crippen LogP contribution in [0.25, 0.3) is 0 Å². The Labute approximate surface area is 147 Å². The van der Waals surface area contributed by atoms with Crippen LogP contribution in [0, 0.1) is 10.1 Å². The van der Waals surface area contributed by atoms with Gasteiger partial charge in [0, 0.05) is 31.1 Å². The molecule has 2 aliphatic rings. The van der Waals surface area contributed by atoms with Crippen LogP contribution in [0.2, 0.25) is 0 Å². The van der Waals surface area contributed by atoms with E-state index >= 15 is 0 Å². The molecular weight excluding hydrogens is 376 g/mol. The third-order valence-electron chi connectivity index (χ3n) is 4.72. The minimum atomic E-state index is -0.432. The van der Waals surface area contributed by atoms with Crippen molar-refractivity contribution in [2.45, 2.75) is 37.6 Å². The summed E-state index contributed by atoms with van der Waals surface area (Å²) in [4.78, 5) is 16.8. The van der Waals surface area contributed by atoms with Crippen LogP contribution in [0.3, 0.4) is 0 Å². The molecule has 0 amide bonds. The first kappa shape index (κ1) is 15.5. The van der Waals surface area contributed by atoms with E-state index in [1.807, 2.05) is 6.33 Å². The van der Waals surface area contributed by atoms with Gasteiger partial charge in [-0.1, -0.05) is 0 Å². The molecule has 2 aromatic rings. The SMILES string of the molecule is O=[N+]([O-])c1cnc(N2CCC(c3nncn3C3CC3)CC2)c(Br)c1. The molecule has 0 radical (unpaired) electrons. The van der Waals surface area contributed by atoms with Gasteiger partial charge in [-0.15, -0.1) is 10.2 Å². The van der Waals surface area contributed by atoms with Gasteiger partial charge >= 0.3 is 0 Å². The van der Waals surface area contributed by atoms with Crippen molar-refractivity contribution in [3.8, 4) is 0 Å². The Bertz CT molecular complexity index is 767. The monoisotopic (exact) mass is 392 g/mol. The summed E-state index contributed by atoms with van der Waals surface area (Å²) in [6, 6.07) is 2.11. The number of hydrogen-bond acceptors (Lipinski definition) is 6. The van der Waals surface area contributed by atoms with Crippen molar-refractivity contribution in [3.05, 3.63) is 39.0 Å². The second-order valence-electron chi connectivity index (χ2n) is 6.34. The van der Waals surface area contributed by atoms with Crippen LogP contribution in [-0.4, -0.2) is 37.8 Å². The number of nitro groups is 1. The molecule has 0 aromatic carbocycles. The highest BCUT2D eigenvalue weighted by atomic mass is 79.9. The second kappa shape index (κ2) is 6.12. The number of anilines is 1. The molecule has 2 fully saturated rings. The number of piperidine rings is 1. The maximum atomic E-state index is 10.8. The zero-order valence-electron chi connectivity index (χ0n) is 13.0. The Morgan fingerprint density at radius 3 is 2.62 bits per heavy atom. The molecule has 2 aromatic heterocycles. The van der Waals surface area contributed by atoms with Crippen LogP contribution < -0.4 is 4.90 Å². The van der Waals surface area contributed by atoms with E-state index in [4.69, 9.17) is 0 Å². The molecular formula is C15H17BrN6O2. The maximum absolute atomic E-state index is 10.8. The van der Waals surface area contributed by atoms with Crippen LogP contribution in [0.1, 0.15) is 43.5 Å². The van der Waals surface area contributed by atoms with Crippen molar-refractivity contribution >= 4 is 27.4 Å². The van der Waals surface area contributed by atoms with Crippen LogP contribution in [0.4, 0.5) is 11.5 Å². The van der Waals surface area contributed by atoms with Crippen LogP contribution >= 0.6 is 15.9 Å². The van der Waals surface area contributed by atoms with Crippen molar-refractivity contribution in [3.63, 3.8) is 0 Å². The number of pyridine rings is 1. The van der Waals surface area contributed by atoms with Crippen LogP contribution in [-0.2, 0) is 0 Å². The summed E-state index contributed by atoms with van der Waals surface area (Å²) in [5.41, 5.74) is -0.00181. The smallest absolute Gasteiger partial charge is 0.288 e. The predicted molar refractivity (Wildman–Crippen MR) is 91.1 cm³/mol. The fourth-order valence-electron chi connectivity index (χ4n) is 3.28. The molecule has 0 N–H and O–H groups in total. The van der Waals surface area contributed by atoms with Crippen molar-refractivity contribution in [2.75, 3.05) is 18.0 Å². The van der Waals surface area contributed by atoms with Gasteiger partial charge in [0.05, 0.1) is 9.40 Å². The highest BCUT2D eigenvalue weighted by Crippen LogP contribution is 2.39. The molecule has 1 saturated carbocycles. The molecule has 24 heavy (non-hydrogen) atoms. The summed E-state index contributed by atoms with van der Waals surface area (Å²) in [5.74, 6) is 2.29. The zero-order valence-corrected chi connectivity index (χ0v) is 14.6. The van der Waals surface area contributed by atoms with Gasteiger partial charge in [0.25, 0.3) is 5.69 Å². The average molecular weight is 393 g/mol. The number of aromatic nitrogens is 4. The predicted octanol–water partition coefficient (Wildman–Crippen LogP) is 3.06. The number of halogens is 1. The van der Waals surface area contributed by atoms with Gasteiger partial charge in [-0.3, -0.25) is 10.1 Å². The third-order valence-corrected chi connectivity index (χ3v) is 5.30. The van der Waals surface area contributed by atoms with Gasteiger partial charge in [-0.25, -0.2) is 4.98 Å². The summed E-state index contributed by atoms with van der Waals surface area (Å²) in [6.45, 7) is 1.71. The zero-order chi connectivity index (χ0) is 16.7. The van der Waals surface area contributed by atoms with Gasteiger partial charge in [0.15, 0.2) is 0 Å². The summed E-state index contributed by atoms with van der Waals surface area (Å²) < 4.78 is 2.90. The Kier molecular flexibility index (Phi) is 3.95. The fraction of sp³-hybridized carbons (Fsp3) is 0.533. The Morgan fingerprint density at radius 1 is 1.25 bits per heavy atom. The summed E-state index contributed by atoms with van der Waals surface area (Å²) >= 11 is 3.41. The maximum Gasteiger partial charge on any atom is 0.288 e. The van der Waals surface area contributed by atoms with E-state index in [0.29, 0.717) is 16.4 Å². The van der Waals surface area contributed by atoms with Gasteiger partial charge in [0.2, 0.25) is 0 Å². The molecule has 1 saturated heterocycles. The van der Waals surface area contributed by atoms with Crippen molar-refractivity contribution < 1.29 is 4.92 Å². The topological polar surface area (TPSA) is 90.0 Å². The molecule has 4 rings (SSSR count). The summed E-state index contributed by atoms with van der Waals surface area (Å²) in [5, 5.41) is 19.3. The lowest BCUT2D eigenvalue weighted by Crippen LogP contribution is -2.34. The molecule has 0 atom stereocenters. The Balaban J connectivity index is 1.46. The summed E-state index contributed by atoms with van der Waals surface area (Å²) in [7, 11) is 0. The normalized spacial score (nSPS) is 18.8. The molecule has 126 valence electrons. The van der Waals surface area contributed by atoms with E-state index in [9.17, 15) is 10.1 Å². The third kappa shape index (κ3) is 2.88. The van der Waals surface area contributed by atoms with Gasteiger partial charge in [-0.2, -0.15) is 0 Å². The number of nitrogens with zero attached hydrogens (tertiary/aromatic N) is 6. The van der Waals surface area contributed by atoms with Gasteiger partial charge in [-0.05, 0) is 41.6 Å². The van der Waals surface area contributed by atoms with E-state index in [0.717, 1.165) is 37.6 Å². The first-order chi connectivity index (χ1) is 11.6. The second-order valence-corrected chi connectivity index (χ2v) is 7.20. The van der Waals surface area contributed by atoms with E-state index in [1.54, 1.807) is 0 Å². The number of hydrogen-bond donors (Lipinski definition) is 0. The van der Waals surface area contributed by atoms with Gasteiger partial charge in [0.1, 0.15) is 24.2 Å². The minimum Gasteiger partial charge on any atom is -0.356 e. The minimum absolute atomic E-state index is 0.00181. The molecule has 0 unspecified atom stereocenters. The Morgan fingerprint density at radius 2 is 2.00 bits per heavy atom. The van der Waals surface area contributed by atoms with Crippen molar-refractivity contribution in [1.82, 2.24) is 19.7 Å².